The zero-order valence-corrected chi connectivity index (χ0v) is 9.86. The lowest BCUT2D eigenvalue weighted by atomic mass is 10.1. The predicted molar refractivity (Wildman–Crippen MR) is 61.1 cm³/mol. The first-order chi connectivity index (χ1) is 7.99. The number of hydrogen-bond donors (Lipinski definition) is 2. The van der Waals surface area contributed by atoms with Crippen LogP contribution in [0.2, 0.25) is 0 Å². The SMILES string of the molecule is CC(C)c1nc2c(c(=O)[nH]1)CCN(C(=O)O)C2. The molecule has 0 unspecified atom stereocenters. The summed E-state index contributed by atoms with van der Waals surface area (Å²) in [5.74, 6) is 0.731. The number of amides is 1. The van der Waals surface area contributed by atoms with Crippen LogP contribution in [-0.2, 0) is 13.0 Å². The largest absolute Gasteiger partial charge is 0.465 e. The van der Waals surface area contributed by atoms with Gasteiger partial charge in [-0.05, 0) is 6.42 Å². The molecule has 0 saturated carbocycles. The van der Waals surface area contributed by atoms with Crippen LogP contribution in [0, 0.1) is 0 Å². The monoisotopic (exact) mass is 237 g/mol. The van der Waals surface area contributed by atoms with Crippen LogP contribution in [0.5, 0.6) is 0 Å². The van der Waals surface area contributed by atoms with Gasteiger partial charge in [0.1, 0.15) is 5.82 Å². The molecular formula is C11H15N3O3. The molecule has 2 N–H and O–H groups in total. The zero-order valence-electron chi connectivity index (χ0n) is 9.86. The van der Waals surface area contributed by atoms with Gasteiger partial charge in [0, 0.05) is 18.0 Å². The maximum absolute atomic E-state index is 11.8. The third kappa shape index (κ3) is 2.15. The quantitative estimate of drug-likeness (QED) is 0.760. The molecule has 0 fully saturated rings. The van der Waals surface area contributed by atoms with Gasteiger partial charge in [0.05, 0.1) is 12.2 Å². The smallest absolute Gasteiger partial charge is 0.407 e. The molecule has 92 valence electrons. The van der Waals surface area contributed by atoms with Gasteiger partial charge in [0.15, 0.2) is 0 Å². The molecule has 0 aliphatic carbocycles. The van der Waals surface area contributed by atoms with Gasteiger partial charge in [-0.15, -0.1) is 0 Å². The first-order valence-electron chi connectivity index (χ1n) is 5.59. The van der Waals surface area contributed by atoms with Crippen molar-refractivity contribution < 1.29 is 9.90 Å². The second kappa shape index (κ2) is 4.20. The minimum absolute atomic E-state index is 0.119. The Bertz CT molecular complexity index is 507. The van der Waals surface area contributed by atoms with Gasteiger partial charge in [-0.2, -0.15) is 0 Å². The van der Waals surface area contributed by atoms with Gasteiger partial charge in [-0.1, -0.05) is 13.8 Å². The number of H-pyrrole nitrogens is 1. The lowest BCUT2D eigenvalue weighted by Crippen LogP contribution is -2.38. The fourth-order valence-electron chi connectivity index (χ4n) is 1.90. The fourth-order valence-corrected chi connectivity index (χ4v) is 1.90. The molecule has 1 aromatic heterocycles. The first kappa shape index (κ1) is 11.6. The Balaban J connectivity index is 2.42. The summed E-state index contributed by atoms with van der Waals surface area (Å²) in [7, 11) is 0. The Labute approximate surface area is 98.3 Å². The molecule has 0 atom stereocenters. The highest BCUT2D eigenvalue weighted by Crippen LogP contribution is 2.16. The number of nitrogens with zero attached hydrogens (tertiary/aromatic N) is 2. The van der Waals surface area contributed by atoms with E-state index in [0.29, 0.717) is 30.0 Å². The van der Waals surface area contributed by atoms with E-state index in [1.807, 2.05) is 13.8 Å². The maximum Gasteiger partial charge on any atom is 0.407 e. The van der Waals surface area contributed by atoms with Crippen molar-refractivity contribution in [3.05, 3.63) is 27.4 Å². The lowest BCUT2D eigenvalue weighted by Gasteiger charge is -2.25. The van der Waals surface area contributed by atoms with Crippen LogP contribution in [0.4, 0.5) is 4.79 Å². The van der Waals surface area contributed by atoms with Gasteiger partial charge in [-0.25, -0.2) is 9.78 Å². The zero-order chi connectivity index (χ0) is 12.6. The molecule has 6 nitrogen and oxygen atoms in total. The van der Waals surface area contributed by atoms with E-state index in [4.69, 9.17) is 5.11 Å². The second-order valence-electron chi connectivity index (χ2n) is 4.49. The molecule has 1 amide bonds. The van der Waals surface area contributed by atoms with Gasteiger partial charge in [0.2, 0.25) is 0 Å². The van der Waals surface area contributed by atoms with Crippen LogP contribution in [0.3, 0.4) is 0 Å². The van der Waals surface area contributed by atoms with E-state index in [-0.39, 0.29) is 18.0 Å². The summed E-state index contributed by atoms with van der Waals surface area (Å²) in [4.78, 5) is 31.1. The summed E-state index contributed by atoms with van der Waals surface area (Å²) in [6.45, 7) is 4.42. The normalized spacial score (nSPS) is 14.9. The lowest BCUT2D eigenvalue weighted by molar-refractivity contribution is 0.139. The molecule has 0 bridgehead atoms. The third-order valence-electron chi connectivity index (χ3n) is 2.91. The van der Waals surface area contributed by atoms with Gasteiger partial charge < -0.3 is 15.0 Å². The summed E-state index contributed by atoms with van der Waals surface area (Å²) in [6, 6.07) is 0. The van der Waals surface area contributed by atoms with E-state index in [0.717, 1.165) is 0 Å². The number of hydrogen-bond acceptors (Lipinski definition) is 3. The summed E-state index contributed by atoms with van der Waals surface area (Å²) in [5, 5.41) is 8.92. The Kier molecular flexibility index (Phi) is 2.87. The van der Waals surface area contributed by atoms with Crippen LogP contribution in [0.25, 0.3) is 0 Å². The Morgan fingerprint density at radius 3 is 2.82 bits per heavy atom. The highest BCUT2D eigenvalue weighted by Gasteiger charge is 2.24. The summed E-state index contributed by atoms with van der Waals surface area (Å²) in [5.41, 5.74) is 1.07. The third-order valence-corrected chi connectivity index (χ3v) is 2.91. The van der Waals surface area contributed by atoms with Crippen molar-refractivity contribution in [3.63, 3.8) is 0 Å². The van der Waals surface area contributed by atoms with Crippen molar-refractivity contribution in [1.29, 1.82) is 0 Å². The molecule has 2 heterocycles. The van der Waals surface area contributed by atoms with Gasteiger partial charge in [-0.3, -0.25) is 4.79 Å². The van der Waals surface area contributed by atoms with Crippen molar-refractivity contribution in [2.24, 2.45) is 0 Å². The Hall–Kier alpha value is -1.85. The molecular weight excluding hydrogens is 222 g/mol. The number of carbonyl (C=O) groups is 1. The minimum Gasteiger partial charge on any atom is -0.465 e. The average molecular weight is 237 g/mol. The number of nitrogens with one attached hydrogen (secondary N) is 1. The number of aromatic amines is 1. The molecule has 6 heteroatoms. The highest BCUT2D eigenvalue weighted by molar-refractivity contribution is 5.65. The summed E-state index contributed by atoms with van der Waals surface area (Å²) >= 11 is 0. The van der Waals surface area contributed by atoms with Crippen LogP contribution in [0.15, 0.2) is 4.79 Å². The second-order valence-corrected chi connectivity index (χ2v) is 4.49. The van der Waals surface area contributed by atoms with E-state index in [1.54, 1.807) is 0 Å². The Morgan fingerprint density at radius 1 is 1.53 bits per heavy atom. The van der Waals surface area contributed by atoms with E-state index < -0.39 is 6.09 Å². The standard InChI is InChI=1S/C11H15N3O3/c1-6(2)9-12-8-5-14(11(16)17)4-3-7(8)10(15)13-9/h6H,3-5H2,1-2H3,(H,16,17)(H,12,13,15). The van der Waals surface area contributed by atoms with Crippen LogP contribution in [-0.4, -0.2) is 32.6 Å². The van der Waals surface area contributed by atoms with Crippen molar-refractivity contribution in [2.45, 2.75) is 32.7 Å². The number of aromatic nitrogens is 2. The van der Waals surface area contributed by atoms with E-state index in [1.165, 1.54) is 4.90 Å². The molecule has 0 spiro atoms. The number of fused-ring (bicyclic) bond motifs is 1. The summed E-state index contributed by atoms with van der Waals surface area (Å²) < 4.78 is 0. The Morgan fingerprint density at radius 2 is 2.24 bits per heavy atom. The van der Waals surface area contributed by atoms with Crippen molar-refractivity contribution in [2.75, 3.05) is 6.54 Å². The molecule has 1 aliphatic rings. The van der Waals surface area contributed by atoms with E-state index in [9.17, 15) is 9.59 Å². The topological polar surface area (TPSA) is 86.3 Å². The molecule has 17 heavy (non-hydrogen) atoms. The van der Waals surface area contributed by atoms with E-state index in [2.05, 4.69) is 9.97 Å². The molecule has 1 aliphatic heterocycles. The highest BCUT2D eigenvalue weighted by atomic mass is 16.4. The van der Waals surface area contributed by atoms with Gasteiger partial charge >= 0.3 is 6.09 Å². The maximum atomic E-state index is 11.8. The summed E-state index contributed by atoms with van der Waals surface area (Å²) in [6.07, 6.45) is -0.536. The number of carboxylic acid groups (broad SMARTS) is 1. The minimum atomic E-state index is -0.969. The first-order valence-corrected chi connectivity index (χ1v) is 5.59. The molecule has 0 aromatic carbocycles. The van der Waals surface area contributed by atoms with Crippen LogP contribution < -0.4 is 5.56 Å². The van der Waals surface area contributed by atoms with Crippen LogP contribution >= 0.6 is 0 Å². The molecule has 0 saturated heterocycles. The fraction of sp³-hybridized carbons (Fsp3) is 0.545. The predicted octanol–water partition coefficient (Wildman–Crippen LogP) is 0.929. The van der Waals surface area contributed by atoms with Gasteiger partial charge in [0.25, 0.3) is 5.56 Å². The molecule has 2 rings (SSSR count). The van der Waals surface area contributed by atoms with Crippen molar-refractivity contribution in [3.8, 4) is 0 Å². The molecule has 0 radical (unpaired) electrons. The number of rotatable bonds is 1. The van der Waals surface area contributed by atoms with Crippen molar-refractivity contribution in [1.82, 2.24) is 14.9 Å². The van der Waals surface area contributed by atoms with E-state index >= 15 is 0 Å². The molecule has 1 aromatic rings. The van der Waals surface area contributed by atoms with Crippen LogP contribution in [0.1, 0.15) is 36.8 Å². The van der Waals surface area contributed by atoms with Crippen molar-refractivity contribution >= 4 is 6.09 Å². The average Bonchev–Trinajstić information content (AvgIpc) is 2.27.